The van der Waals surface area contributed by atoms with Crippen LogP contribution in [0.3, 0.4) is 0 Å². The standard InChI is InChI=1S/C15H20N4O2S/c1-9-6-12(10(2)19(9)11-4-5-11)13(21)8-22-15-17-16-14(7-20)18(15)3/h6,11,20H,4-5,7-8H2,1-3H3. The number of Topliss-reactive ketones (excluding diaryl/α,β-unsaturated/α-hetero) is 1. The number of aliphatic hydroxyl groups excluding tert-OH is 1. The van der Waals surface area contributed by atoms with E-state index in [1.165, 1.54) is 24.6 Å². The molecule has 0 spiro atoms. The predicted octanol–water partition coefficient (Wildman–Crippen LogP) is 2.04. The highest BCUT2D eigenvalue weighted by Gasteiger charge is 2.28. The SMILES string of the molecule is Cc1cc(C(=O)CSc2nnc(CO)n2C)c(C)n1C1CC1. The van der Waals surface area contributed by atoms with Crippen LogP contribution in [0.2, 0.25) is 0 Å². The van der Waals surface area contributed by atoms with Crippen LogP contribution in [-0.2, 0) is 13.7 Å². The fraction of sp³-hybridized carbons (Fsp3) is 0.533. The summed E-state index contributed by atoms with van der Waals surface area (Å²) >= 11 is 1.35. The summed E-state index contributed by atoms with van der Waals surface area (Å²) in [6, 6.07) is 2.58. The van der Waals surface area contributed by atoms with Crippen molar-refractivity contribution < 1.29 is 9.90 Å². The van der Waals surface area contributed by atoms with Crippen LogP contribution in [-0.4, -0.2) is 36.0 Å². The first-order valence-electron chi connectivity index (χ1n) is 7.36. The van der Waals surface area contributed by atoms with Crippen LogP contribution in [0.5, 0.6) is 0 Å². The lowest BCUT2D eigenvalue weighted by atomic mass is 10.2. The normalized spacial score (nSPS) is 14.5. The number of thioether (sulfide) groups is 1. The average molecular weight is 320 g/mol. The van der Waals surface area contributed by atoms with Gasteiger partial charge in [0.1, 0.15) is 6.61 Å². The summed E-state index contributed by atoms with van der Waals surface area (Å²) in [4.78, 5) is 12.5. The van der Waals surface area contributed by atoms with E-state index in [0.717, 1.165) is 17.0 Å². The number of rotatable bonds is 6. The Hall–Kier alpha value is -1.60. The molecule has 6 nitrogen and oxygen atoms in total. The van der Waals surface area contributed by atoms with Crippen LogP contribution in [0.25, 0.3) is 0 Å². The molecule has 1 fully saturated rings. The second-order valence-corrected chi connectivity index (χ2v) is 6.66. The monoisotopic (exact) mass is 320 g/mol. The van der Waals surface area contributed by atoms with Gasteiger partial charge in [0.15, 0.2) is 16.8 Å². The smallest absolute Gasteiger partial charge is 0.191 e. The summed E-state index contributed by atoms with van der Waals surface area (Å²) < 4.78 is 4.00. The van der Waals surface area contributed by atoms with E-state index < -0.39 is 0 Å². The fourth-order valence-electron chi connectivity index (χ4n) is 2.77. The molecule has 3 rings (SSSR count). The molecule has 22 heavy (non-hydrogen) atoms. The lowest BCUT2D eigenvalue weighted by Gasteiger charge is -2.07. The van der Waals surface area contributed by atoms with E-state index in [-0.39, 0.29) is 12.4 Å². The zero-order valence-electron chi connectivity index (χ0n) is 13.0. The molecule has 0 amide bonds. The molecule has 1 saturated carbocycles. The van der Waals surface area contributed by atoms with E-state index in [1.807, 2.05) is 13.0 Å². The van der Waals surface area contributed by atoms with Crippen molar-refractivity contribution in [3.05, 3.63) is 28.8 Å². The third-order valence-electron chi connectivity index (χ3n) is 4.10. The summed E-state index contributed by atoms with van der Waals surface area (Å²) in [5, 5.41) is 17.6. The van der Waals surface area contributed by atoms with Gasteiger partial charge >= 0.3 is 0 Å². The Morgan fingerprint density at radius 3 is 2.73 bits per heavy atom. The molecule has 0 aliphatic heterocycles. The number of carbonyl (C=O) groups is 1. The van der Waals surface area contributed by atoms with Crippen molar-refractivity contribution in [1.82, 2.24) is 19.3 Å². The van der Waals surface area contributed by atoms with E-state index in [0.29, 0.717) is 22.8 Å². The lowest BCUT2D eigenvalue weighted by Crippen LogP contribution is -2.07. The van der Waals surface area contributed by atoms with Crippen LogP contribution < -0.4 is 0 Å². The number of hydrogen-bond donors (Lipinski definition) is 1. The Bertz CT molecular complexity index is 715. The van der Waals surface area contributed by atoms with Crippen molar-refractivity contribution in [1.29, 1.82) is 0 Å². The van der Waals surface area contributed by atoms with Crippen molar-refractivity contribution in [2.45, 2.75) is 44.5 Å². The summed E-state index contributed by atoms with van der Waals surface area (Å²) in [5.74, 6) is 0.937. The highest BCUT2D eigenvalue weighted by molar-refractivity contribution is 7.99. The van der Waals surface area contributed by atoms with Crippen LogP contribution >= 0.6 is 11.8 Å². The van der Waals surface area contributed by atoms with Crippen LogP contribution in [0.15, 0.2) is 11.2 Å². The summed E-state index contributed by atoms with van der Waals surface area (Å²) in [5.41, 5.74) is 3.04. The zero-order valence-corrected chi connectivity index (χ0v) is 13.9. The van der Waals surface area contributed by atoms with E-state index in [9.17, 15) is 4.79 Å². The van der Waals surface area contributed by atoms with Gasteiger partial charge in [-0.2, -0.15) is 0 Å². The highest BCUT2D eigenvalue weighted by Crippen LogP contribution is 2.38. The molecule has 0 atom stereocenters. The van der Waals surface area contributed by atoms with E-state index >= 15 is 0 Å². The first-order valence-corrected chi connectivity index (χ1v) is 8.35. The van der Waals surface area contributed by atoms with Gasteiger partial charge in [-0.15, -0.1) is 10.2 Å². The topological polar surface area (TPSA) is 72.9 Å². The maximum Gasteiger partial charge on any atom is 0.191 e. The van der Waals surface area contributed by atoms with Gasteiger partial charge in [-0.1, -0.05) is 11.8 Å². The third-order valence-corrected chi connectivity index (χ3v) is 5.12. The van der Waals surface area contributed by atoms with Gasteiger partial charge in [-0.25, -0.2) is 0 Å². The quantitative estimate of drug-likeness (QED) is 0.651. The van der Waals surface area contributed by atoms with Gasteiger partial charge in [0.05, 0.1) is 5.75 Å². The fourth-order valence-corrected chi connectivity index (χ4v) is 3.58. The Balaban J connectivity index is 1.72. The Morgan fingerprint density at radius 1 is 1.41 bits per heavy atom. The lowest BCUT2D eigenvalue weighted by molar-refractivity contribution is 0.102. The predicted molar refractivity (Wildman–Crippen MR) is 84.2 cm³/mol. The first-order chi connectivity index (χ1) is 10.5. The number of hydrogen-bond acceptors (Lipinski definition) is 5. The molecular formula is C15H20N4O2S. The second-order valence-electron chi connectivity index (χ2n) is 5.71. The van der Waals surface area contributed by atoms with E-state index in [2.05, 4.69) is 21.7 Å². The molecule has 1 aliphatic rings. The van der Waals surface area contributed by atoms with Crippen molar-refractivity contribution in [2.75, 3.05) is 5.75 Å². The number of nitrogens with zero attached hydrogens (tertiary/aromatic N) is 4. The summed E-state index contributed by atoms with van der Waals surface area (Å²) in [6.07, 6.45) is 2.42. The summed E-state index contributed by atoms with van der Waals surface area (Å²) in [6.45, 7) is 3.93. The van der Waals surface area contributed by atoms with Crippen molar-refractivity contribution in [3.8, 4) is 0 Å². The Labute approximate surface area is 133 Å². The maximum atomic E-state index is 12.5. The minimum Gasteiger partial charge on any atom is -0.388 e. The van der Waals surface area contributed by atoms with Gasteiger partial charge in [-0.3, -0.25) is 4.79 Å². The molecule has 2 aromatic rings. The second kappa shape index (κ2) is 5.89. The molecule has 118 valence electrons. The molecule has 7 heteroatoms. The zero-order chi connectivity index (χ0) is 15.9. The highest BCUT2D eigenvalue weighted by atomic mass is 32.2. The van der Waals surface area contributed by atoms with Gasteiger partial charge in [0.25, 0.3) is 0 Å². The molecule has 2 heterocycles. The number of carbonyl (C=O) groups excluding carboxylic acids is 1. The molecule has 1 N–H and O–H groups in total. The molecule has 0 saturated heterocycles. The Kier molecular flexibility index (Phi) is 4.10. The minimum atomic E-state index is -0.152. The number of aromatic nitrogens is 4. The van der Waals surface area contributed by atoms with Gasteiger partial charge in [0.2, 0.25) is 0 Å². The van der Waals surface area contributed by atoms with Crippen LogP contribution in [0, 0.1) is 13.8 Å². The van der Waals surface area contributed by atoms with Crippen molar-refractivity contribution >= 4 is 17.5 Å². The van der Waals surface area contributed by atoms with Gasteiger partial charge < -0.3 is 14.2 Å². The van der Waals surface area contributed by atoms with Gasteiger partial charge in [0, 0.05) is 30.0 Å². The van der Waals surface area contributed by atoms with Crippen LogP contribution in [0.4, 0.5) is 0 Å². The minimum absolute atomic E-state index is 0.110. The van der Waals surface area contributed by atoms with E-state index in [4.69, 9.17) is 5.11 Å². The third kappa shape index (κ3) is 2.70. The average Bonchev–Trinajstić information content (AvgIpc) is 3.19. The molecule has 1 aliphatic carbocycles. The van der Waals surface area contributed by atoms with Gasteiger partial charge in [-0.05, 0) is 32.8 Å². The molecule has 0 radical (unpaired) electrons. The van der Waals surface area contributed by atoms with Crippen LogP contribution in [0.1, 0.15) is 46.5 Å². The first kappa shape index (κ1) is 15.3. The number of ketones is 1. The van der Waals surface area contributed by atoms with Crippen molar-refractivity contribution in [3.63, 3.8) is 0 Å². The molecule has 0 bridgehead atoms. The largest absolute Gasteiger partial charge is 0.388 e. The maximum absolute atomic E-state index is 12.5. The molecule has 0 unspecified atom stereocenters. The number of aryl methyl sites for hydroxylation is 1. The number of aliphatic hydroxyl groups is 1. The molecule has 2 aromatic heterocycles. The Morgan fingerprint density at radius 2 is 2.14 bits per heavy atom. The summed E-state index contributed by atoms with van der Waals surface area (Å²) in [7, 11) is 1.79. The molecule has 0 aromatic carbocycles. The van der Waals surface area contributed by atoms with Crippen molar-refractivity contribution in [2.24, 2.45) is 7.05 Å². The van der Waals surface area contributed by atoms with E-state index in [1.54, 1.807) is 11.6 Å². The molecular weight excluding hydrogens is 300 g/mol.